The molecule has 0 aromatic carbocycles. The molecule has 4 heterocycles. The molecule has 2 aromatic rings. The molecule has 0 aliphatic carbocycles. The highest BCUT2D eigenvalue weighted by molar-refractivity contribution is 6.14. The average Bonchev–Trinajstić information content (AvgIpc) is 3.20. The van der Waals surface area contributed by atoms with E-state index in [1.807, 2.05) is 24.4 Å². The molecule has 0 unspecified atom stereocenters. The summed E-state index contributed by atoms with van der Waals surface area (Å²) in [6.07, 6.45) is 5.40. The summed E-state index contributed by atoms with van der Waals surface area (Å²) in [6, 6.07) is 3.86. The van der Waals surface area contributed by atoms with Crippen LogP contribution in [0.1, 0.15) is 12.5 Å². The zero-order valence-electron chi connectivity index (χ0n) is 13.6. The topological polar surface area (TPSA) is 76.6 Å². The van der Waals surface area contributed by atoms with E-state index >= 15 is 0 Å². The number of guanidine groups is 1. The number of aromatic amines is 1. The summed E-state index contributed by atoms with van der Waals surface area (Å²) in [5, 5.41) is 3.88. The molecule has 1 saturated heterocycles. The van der Waals surface area contributed by atoms with Crippen LogP contribution in [0, 0.1) is 0 Å². The fourth-order valence-corrected chi connectivity index (χ4v) is 3.13. The van der Waals surface area contributed by atoms with E-state index in [1.165, 1.54) is 0 Å². The third-order valence-electron chi connectivity index (χ3n) is 4.58. The zero-order valence-corrected chi connectivity index (χ0v) is 13.6. The number of carbonyl (C=O) groups is 1. The summed E-state index contributed by atoms with van der Waals surface area (Å²) < 4.78 is 0. The van der Waals surface area contributed by atoms with Crippen LogP contribution in [0.4, 0.5) is 0 Å². The number of likely N-dealkylation sites (N-methyl/N-ethyl adjacent to an activating group) is 1. The number of aliphatic imine (C=N–C) groups is 1. The Kier molecular flexibility index (Phi) is 3.78. The van der Waals surface area contributed by atoms with Crippen molar-refractivity contribution in [2.24, 2.45) is 4.99 Å². The van der Waals surface area contributed by atoms with Crippen molar-refractivity contribution in [2.45, 2.75) is 6.92 Å². The minimum atomic E-state index is -0.152. The third-order valence-corrected chi connectivity index (χ3v) is 4.58. The Hall–Kier alpha value is -2.67. The Morgan fingerprint density at radius 1 is 1.29 bits per heavy atom. The molecule has 1 amide bonds. The molecule has 0 radical (unpaired) electrons. The summed E-state index contributed by atoms with van der Waals surface area (Å²) in [6.45, 7) is 7.00. The van der Waals surface area contributed by atoms with Crippen molar-refractivity contribution in [3.63, 3.8) is 0 Å². The number of rotatable bonds is 2. The second kappa shape index (κ2) is 6.09. The Labute approximate surface area is 140 Å². The van der Waals surface area contributed by atoms with E-state index in [0.717, 1.165) is 49.3 Å². The van der Waals surface area contributed by atoms with Gasteiger partial charge in [-0.25, -0.2) is 9.98 Å². The lowest BCUT2D eigenvalue weighted by atomic mass is 10.2. The van der Waals surface area contributed by atoms with Gasteiger partial charge in [0, 0.05) is 49.5 Å². The Morgan fingerprint density at radius 3 is 2.92 bits per heavy atom. The van der Waals surface area contributed by atoms with Crippen LogP contribution >= 0.6 is 0 Å². The molecule has 2 aromatic heterocycles. The van der Waals surface area contributed by atoms with Gasteiger partial charge in [-0.15, -0.1) is 0 Å². The molecule has 24 heavy (non-hydrogen) atoms. The van der Waals surface area contributed by atoms with Gasteiger partial charge in [-0.3, -0.25) is 10.1 Å². The van der Waals surface area contributed by atoms with Crippen LogP contribution in [0.5, 0.6) is 0 Å². The number of fused-ring (bicyclic) bond motifs is 1. The smallest absolute Gasteiger partial charge is 0.276 e. The molecule has 0 bridgehead atoms. The second-order valence-corrected chi connectivity index (χ2v) is 5.98. The van der Waals surface area contributed by atoms with Gasteiger partial charge in [0.2, 0.25) is 5.96 Å². The summed E-state index contributed by atoms with van der Waals surface area (Å²) in [5.74, 6) is 0.515. The van der Waals surface area contributed by atoms with Crippen molar-refractivity contribution in [3.8, 4) is 0 Å². The van der Waals surface area contributed by atoms with Gasteiger partial charge in [0.15, 0.2) is 0 Å². The van der Waals surface area contributed by atoms with Gasteiger partial charge in [0.25, 0.3) is 5.91 Å². The quantitative estimate of drug-likeness (QED) is 0.809. The van der Waals surface area contributed by atoms with E-state index in [2.05, 4.69) is 37.0 Å². The van der Waals surface area contributed by atoms with Crippen LogP contribution in [-0.2, 0) is 4.79 Å². The number of nitrogens with zero attached hydrogens (tertiary/aromatic N) is 4. The second-order valence-electron chi connectivity index (χ2n) is 5.98. The first kappa shape index (κ1) is 14.9. The van der Waals surface area contributed by atoms with E-state index in [-0.39, 0.29) is 5.91 Å². The molecule has 0 saturated carbocycles. The van der Waals surface area contributed by atoms with E-state index < -0.39 is 0 Å². The number of pyridine rings is 1. The molecule has 1 fully saturated rings. The number of nitrogens with one attached hydrogen (secondary N) is 2. The number of carbonyl (C=O) groups excluding carboxylic acids is 1. The Bertz CT molecular complexity index is 828. The third kappa shape index (κ3) is 2.67. The lowest BCUT2D eigenvalue weighted by Crippen LogP contribution is -2.51. The van der Waals surface area contributed by atoms with Crippen molar-refractivity contribution in [2.75, 3.05) is 32.7 Å². The van der Waals surface area contributed by atoms with Gasteiger partial charge in [-0.05, 0) is 24.8 Å². The number of piperazine rings is 1. The zero-order chi connectivity index (χ0) is 16.5. The van der Waals surface area contributed by atoms with Crippen molar-refractivity contribution in [3.05, 3.63) is 35.8 Å². The monoisotopic (exact) mass is 324 g/mol. The van der Waals surface area contributed by atoms with Crippen LogP contribution in [0.15, 0.2) is 35.2 Å². The van der Waals surface area contributed by atoms with Crippen LogP contribution < -0.4 is 5.32 Å². The number of amides is 1. The van der Waals surface area contributed by atoms with E-state index in [1.54, 1.807) is 6.20 Å². The van der Waals surface area contributed by atoms with Crippen molar-refractivity contribution in [1.82, 2.24) is 25.1 Å². The van der Waals surface area contributed by atoms with E-state index in [0.29, 0.717) is 11.7 Å². The largest absolute Gasteiger partial charge is 0.346 e. The van der Waals surface area contributed by atoms with E-state index in [4.69, 9.17) is 0 Å². The van der Waals surface area contributed by atoms with Gasteiger partial charge < -0.3 is 14.8 Å². The first-order chi connectivity index (χ1) is 11.7. The summed E-state index contributed by atoms with van der Waals surface area (Å²) in [5.41, 5.74) is 2.17. The molecule has 0 atom stereocenters. The van der Waals surface area contributed by atoms with Gasteiger partial charge in [0.1, 0.15) is 11.3 Å². The van der Waals surface area contributed by atoms with Gasteiger partial charge >= 0.3 is 0 Å². The summed E-state index contributed by atoms with van der Waals surface area (Å²) >= 11 is 0. The lowest BCUT2D eigenvalue weighted by Gasteiger charge is -2.34. The SMILES string of the molecule is CCN1CCN(C2=N/C(=C\c3c[nH]c4ncccc34)C(=O)N2)CC1. The molecule has 7 heteroatoms. The Balaban J connectivity index is 1.57. The summed E-state index contributed by atoms with van der Waals surface area (Å²) in [4.78, 5) is 28.7. The van der Waals surface area contributed by atoms with Crippen LogP contribution in [0.3, 0.4) is 0 Å². The molecule has 0 spiro atoms. The molecule has 2 aliphatic rings. The maximum atomic E-state index is 12.3. The molecule has 2 aliphatic heterocycles. The van der Waals surface area contributed by atoms with E-state index in [9.17, 15) is 4.79 Å². The first-order valence-electron chi connectivity index (χ1n) is 8.26. The highest BCUT2D eigenvalue weighted by atomic mass is 16.2. The Morgan fingerprint density at radius 2 is 2.12 bits per heavy atom. The maximum Gasteiger partial charge on any atom is 0.276 e. The highest BCUT2D eigenvalue weighted by Gasteiger charge is 2.26. The standard InChI is InChI=1S/C17H20N6O/c1-2-22-6-8-23(9-7-22)17-20-14(16(24)21-17)10-12-11-19-15-13(12)4-3-5-18-15/h3-5,10-11H,2,6-9H2,1H3,(H,18,19)(H,20,21,24)/b14-10-. The average molecular weight is 324 g/mol. The normalized spacial score (nSPS) is 20.7. The molecular weight excluding hydrogens is 304 g/mol. The number of hydrogen-bond acceptors (Lipinski definition) is 5. The number of aromatic nitrogens is 2. The predicted molar refractivity (Wildman–Crippen MR) is 93.3 cm³/mol. The van der Waals surface area contributed by atoms with Crippen molar-refractivity contribution >= 4 is 29.0 Å². The van der Waals surface area contributed by atoms with Crippen molar-refractivity contribution < 1.29 is 4.79 Å². The maximum absolute atomic E-state index is 12.3. The van der Waals surface area contributed by atoms with Crippen LogP contribution in [0.25, 0.3) is 17.1 Å². The highest BCUT2D eigenvalue weighted by Crippen LogP contribution is 2.20. The molecule has 2 N–H and O–H groups in total. The van der Waals surface area contributed by atoms with Crippen LogP contribution in [-0.4, -0.2) is 64.4 Å². The molecule has 4 rings (SSSR count). The van der Waals surface area contributed by atoms with Gasteiger partial charge in [-0.1, -0.05) is 6.92 Å². The number of H-pyrrole nitrogens is 1. The summed E-state index contributed by atoms with van der Waals surface area (Å²) in [7, 11) is 0. The minimum absolute atomic E-state index is 0.152. The van der Waals surface area contributed by atoms with Gasteiger partial charge in [-0.2, -0.15) is 0 Å². The molecule has 7 nitrogen and oxygen atoms in total. The minimum Gasteiger partial charge on any atom is -0.346 e. The molecule has 124 valence electrons. The van der Waals surface area contributed by atoms with Gasteiger partial charge in [0.05, 0.1) is 0 Å². The fourth-order valence-electron chi connectivity index (χ4n) is 3.13. The van der Waals surface area contributed by atoms with Crippen molar-refractivity contribution in [1.29, 1.82) is 0 Å². The van der Waals surface area contributed by atoms with Crippen LogP contribution in [0.2, 0.25) is 0 Å². The first-order valence-corrected chi connectivity index (χ1v) is 8.26. The fraction of sp³-hybridized carbons (Fsp3) is 0.353. The molecular formula is C17H20N6O. The number of hydrogen-bond donors (Lipinski definition) is 2. The predicted octanol–water partition coefficient (Wildman–Crippen LogP) is 1.03. The lowest BCUT2D eigenvalue weighted by molar-refractivity contribution is -0.115.